The molecular formula is C21H21F6N7O. The predicted octanol–water partition coefficient (Wildman–Crippen LogP) is 3.87. The van der Waals surface area contributed by atoms with Gasteiger partial charge in [0.15, 0.2) is 29.6 Å². The average molecular weight is 501 g/mol. The van der Waals surface area contributed by atoms with Gasteiger partial charge in [-0.15, -0.1) is 5.10 Å². The zero-order valence-corrected chi connectivity index (χ0v) is 18.4. The number of aromatic nitrogens is 5. The zero-order chi connectivity index (χ0) is 25.0. The molecular weight excluding hydrogens is 480 g/mol. The monoisotopic (exact) mass is 501 g/mol. The Balaban J connectivity index is 1.31. The van der Waals surface area contributed by atoms with Gasteiger partial charge in [-0.3, -0.25) is 0 Å². The molecule has 2 unspecified atom stereocenters. The summed E-state index contributed by atoms with van der Waals surface area (Å²) < 4.78 is 84.5. The second-order valence-corrected chi connectivity index (χ2v) is 8.84. The highest BCUT2D eigenvalue weighted by molar-refractivity contribution is 5.56. The Bertz CT molecular complexity index is 1220. The summed E-state index contributed by atoms with van der Waals surface area (Å²) in [7, 11) is 0. The molecule has 5 rings (SSSR count). The molecule has 2 fully saturated rings. The van der Waals surface area contributed by atoms with Gasteiger partial charge in [0, 0.05) is 25.3 Å². The van der Waals surface area contributed by atoms with Crippen LogP contribution in [0.15, 0.2) is 24.7 Å². The predicted molar refractivity (Wildman–Crippen MR) is 112 cm³/mol. The van der Waals surface area contributed by atoms with Crippen molar-refractivity contribution < 1.29 is 31.1 Å². The first kappa shape index (κ1) is 23.4. The number of piperidine rings is 1. The lowest BCUT2D eigenvalue weighted by Gasteiger charge is -2.38. The summed E-state index contributed by atoms with van der Waals surface area (Å²) in [5, 5.41) is 7.54. The van der Waals surface area contributed by atoms with E-state index in [1.54, 1.807) is 6.92 Å². The molecule has 3 atom stereocenters. The molecule has 0 spiro atoms. The van der Waals surface area contributed by atoms with Crippen LogP contribution in [0.4, 0.5) is 38.1 Å². The van der Waals surface area contributed by atoms with Gasteiger partial charge in [0.2, 0.25) is 5.95 Å². The summed E-state index contributed by atoms with van der Waals surface area (Å²) in [5.74, 6) is -4.92. The molecule has 188 valence electrons. The van der Waals surface area contributed by atoms with Crippen LogP contribution in [0.1, 0.15) is 18.5 Å². The van der Waals surface area contributed by atoms with Gasteiger partial charge in [-0.1, -0.05) is 0 Å². The van der Waals surface area contributed by atoms with Gasteiger partial charge in [0.05, 0.1) is 5.69 Å². The van der Waals surface area contributed by atoms with Crippen LogP contribution < -0.4 is 15.0 Å². The van der Waals surface area contributed by atoms with E-state index in [1.807, 2.05) is 4.90 Å². The molecule has 1 aliphatic heterocycles. The van der Waals surface area contributed by atoms with Crippen LogP contribution in [0.3, 0.4) is 0 Å². The number of nitrogens with zero attached hydrogens (tertiary/aromatic N) is 6. The molecule has 14 heteroatoms. The largest absolute Gasteiger partial charge is 0.483 e. The van der Waals surface area contributed by atoms with Crippen molar-refractivity contribution in [3.05, 3.63) is 36.2 Å². The molecule has 1 saturated carbocycles. The van der Waals surface area contributed by atoms with Crippen LogP contribution in [-0.4, -0.2) is 62.4 Å². The van der Waals surface area contributed by atoms with E-state index >= 15 is 0 Å². The number of rotatable bonds is 6. The van der Waals surface area contributed by atoms with Gasteiger partial charge < -0.3 is 15.0 Å². The molecule has 2 bridgehead atoms. The maximum atomic E-state index is 14.5. The fraction of sp³-hybridized carbons (Fsp3) is 0.524. The number of hydrogen-bond acceptors (Lipinski definition) is 7. The normalized spacial score (nSPS) is 22.6. The minimum atomic E-state index is -5.72. The minimum absolute atomic E-state index is 0.0105. The van der Waals surface area contributed by atoms with Crippen molar-refractivity contribution in [2.24, 2.45) is 11.8 Å². The SMILES string of the molecule is Cc1ncnc(N2CC3CC[C@@H](C2)C3Nc2nc3c(OCC(F)(F)C(F)(F)F)cccn3n2)c1F. The number of aryl methyl sites for hydroxylation is 1. The molecule has 1 N–H and O–H groups in total. The van der Waals surface area contributed by atoms with Crippen molar-refractivity contribution in [3.8, 4) is 5.75 Å². The van der Waals surface area contributed by atoms with Gasteiger partial charge in [-0.2, -0.15) is 26.9 Å². The van der Waals surface area contributed by atoms with E-state index in [4.69, 9.17) is 4.74 Å². The molecule has 1 aliphatic carbocycles. The third kappa shape index (κ3) is 4.29. The summed E-state index contributed by atoms with van der Waals surface area (Å²) in [5.41, 5.74) is 0.291. The number of nitrogens with one attached hydrogen (secondary N) is 1. The number of alkyl halides is 5. The third-order valence-corrected chi connectivity index (χ3v) is 6.52. The molecule has 1 saturated heterocycles. The molecule has 0 radical (unpaired) electrons. The standard InChI is InChI=1S/C21H21F6N7O/c1-11-15(22)18(29-10-28-11)33-7-12-4-5-13(8-33)16(12)30-19-31-17-14(3-2-6-34(17)32-19)35-9-20(23,24)21(25,26)27/h2-3,6,10,12-13,16H,4-5,7-9H2,1H3,(H,30,32)/t12-,13?,16?/m0/s1. The topological polar surface area (TPSA) is 80.5 Å². The highest BCUT2D eigenvalue weighted by atomic mass is 19.4. The Morgan fingerprint density at radius 1 is 1.11 bits per heavy atom. The van der Waals surface area contributed by atoms with Gasteiger partial charge >= 0.3 is 12.1 Å². The lowest BCUT2D eigenvalue weighted by molar-refractivity contribution is -0.289. The third-order valence-electron chi connectivity index (χ3n) is 6.52. The van der Waals surface area contributed by atoms with E-state index in [2.05, 4.69) is 25.4 Å². The van der Waals surface area contributed by atoms with Crippen molar-refractivity contribution in [2.45, 2.75) is 37.9 Å². The summed E-state index contributed by atoms with van der Waals surface area (Å²) >= 11 is 0. The van der Waals surface area contributed by atoms with Gasteiger partial charge in [-0.05, 0) is 43.7 Å². The van der Waals surface area contributed by atoms with Crippen LogP contribution in [0.2, 0.25) is 0 Å². The Kier molecular flexibility index (Phi) is 5.63. The van der Waals surface area contributed by atoms with E-state index in [1.165, 1.54) is 29.2 Å². The number of hydrogen-bond donors (Lipinski definition) is 1. The van der Waals surface area contributed by atoms with E-state index in [-0.39, 0.29) is 46.7 Å². The molecule has 0 aromatic carbocycles. The lowest BCUT2D eigenvalue weighted by atomic mass is 9.92. The van der Waals surface area contributed by atoms with E-state index in [0.29, 0.717) is 13.1 Å². The summed E-state index contributed by atoms with van der Waals surface area (Å²) in [4.78, 5) is 14.2. The number of anilines is 2. The minimum Gasteiger partial charge on any atom is -0.483 e. The average Bonchev–Trinajstić information content (AvgIpc) is 3.30. The molecule has 2 aliphatic rings. The number of fused-ring (bicyclic) bond motifs is 3. The van der Waals surface area contributed by atoms with E-state index < -0.39 is 24.5 Å². The second kappa shape index (κ2) is 8.41. The van der Waals surface area contributed by atoms with Crippen molar-refractivity contribution in [3.63, 3.8) is 0 Å². The Hall–Kier alpha value is -3.32. The first-order chi connectivity index (χ1) is 16.5. The Labute approximate surface area is 195 Å². The summed E-state index contributed by atoms with van der Waals surface area (Å²) in [6.07, 6.45) is -1.10. The van der Waals surface area contributed by atoms with Crippen LogP contribution >= 0.6 is 0 Å². The summed E-state index contributed by atoms with van der Waals surface area (Å²) in [6.45, 7) is 0.847. The van der Waals surface area contributed by atoms with Crippen molar-refractivity contribution in [1.29, 1.82) is 0 Å². The molecule has 3 aromatic rings. The molecule has 0 amide bonds. The fourth-order valence-corrected chi connectivity index (χ4v) is 4.75. The van der Waals surface area contributed by atoms with Crippen molar-refractivity contribution in [1.82, 2.24) is 24.6 Å². The van der Waals surface area contributed by atoms with E-state index in [0.717, 1.165) is 12.8 Å². The quantitative estimate of drug-likeness (QED) is 0.514. The molecule has 8 nitrogen and oxygen atoms in total. The number of pyridine rings is 1. The molecule has 3 aromatic heterocycles. The lowest BCUT2D eigenvalue weighted by Crippen LogP contribution is -2.48. The smallest absolute Gasteiger partial charge is 0.456 e. The maximum absolute atomic E-state index is 14.5. The molecule has 35 heavy (non-hydrogen) atoms. The fourth-order valence-electron chi connectivity index (χ4n) is 4.75. The van der Waals surface area contributed by atoms with Gasteiger partial charge in [0.1, 0.15) is 6.33 Å². The second-order valence-electron chi connectivity index (χ2n) is 8.84. The highest BCUT2D eigenvalue weighted by Gasteiger charge is 2.58. The first-order valence-electron chi connectivity index (χ1n) is 10.9. The highest BCUT2D eigenvalue weighted by Crippen LogP contribution is 2.40. The number of ether oxygens (including phenoxy) is 1. The van der Waals surface area contributed by atoms with Crippen molar-refractivity contribution >= 4 is 17.4 Å². The van der Waals surface area contributed by atoms with Crippen LogP contribution in [0.5, 0.6) is 5.75 Å². The first-order valence-corrected chi connectivity index (χ1v) is 10.9. The zero-order valence-electron chi connectivity index (χ0n) is 18.4. The van der Waals surface area contributed by atoms with Crippen molar-refractivity contribution in [2.75, 3.05) is 29.9 Å². The van der Waals surface area contributed by atoms with Gasteiger partial charge in [-0.25, -0.2) is 18.9 Å². The Morgan fingerprint density at radius 3 is 2.51 bits per heavy atom. The number of halogens is 6. The van der Waals surface area contributed by atoms with Gasteiger partial charge in [0.25, 0.3) is 0 Å². The van der Waals surface area contributed by atoms with Crippen LogP contribution in [-0.2, 0) is 0 Å². The van der Waals surface area contributed by atoms with E-state index in [9.17, 15) is 26.3 Å². The molecule has 4 heterocycles. The van der Waals surface area contributed by atoms with Crippen LogP contribution in [0.25, 0.3) is 5.65 Å². The Morgan fingerprint density at radius 2 is 1.83 bits per heavy atom. The maximum Gasteiger partial charge on any atom is 0.456 e. The van der Waals surface area contributed by atoms with Crippen LogP contribution in [0, 0.1) is 24.6 Å². The summed E-state index contributed by atoms with van der Waals surface area (Å²) in [6, 6.07) is 2.64.